The van der Waals surface area contributed by atoms with Crippen molar-refractivity contribution in [3.05, 3.63) is 29.3 Å². The minimum absolute atomic E-state index is 0.00318. The number of nitrogens with two attached hydrogens (primary N) is 1. The highest BCUT2D eigenvalue weighted by molar-refractivity contribution is 7.84. The molecule has 0 aromatic carbocycles. The van der Waals surface area contributed by atoms with Crippen molar-refractivity contribution in [3.8, 4) is 17.3 Å². The van der Waals surface area contributed by atoms with Crippen molar-refractivity contribution in [2.24, 2.45) is 5.73 Å². The minimum atomic E-state index is -1.48. The number of hydrogen-bond acceptors (Lipinski definition) is 7. The van der Waals surface area contributed by atoms with Crippen molar-refractivity contribution in [2.75, 3.05) is 12.9 Å². The summed E-state index contributed by atoms with van der Waals surface area (Å²) in [4.78, 5) is 29.3. The minimum Gasteiger partial charge on any atom is -0.477 e. The molecular weight excluding hydrogens is 356 g/mol. The molecule has 1 atom stereocenters. The first-order chi connectivity index (χ1) is 12.3. The van der Waals surface area contributed by atoms with Gasteiger partial charge in [0.25, 0.3) is 5.91 Å². The van der Waals surface area contributed by atoms with Crippen LogP contribution in [0, 0.1) is 13.8 Å². The number of imidazole rings is 1. The molecule has 3 aromatic heterocycles. The third-order valence-electron chi connectivity index (χ3n) is 3.61. The van der Waals surface area contributed by atoms with Crippen LogP contribution in [0.15, 0.2) is 17.6 Å². The van der Waals surface area contributed by atoms with Crippen molar-refractivity contribution < 1.29 is 13.7 Å². The van der Waals surface area contributed by atoms with E-state index in [2.05, 4.69) is 19.9 Å². The fourth-order valence-electron chi connectivity index (χ4n) is 2.59. The second-order valence-corrected chi connectivity index (χ2v) is 6.88. The molecule has 3 heterocycles. The van der Waals surface area contributed by atoms with Gasteiger partial charge in [0, 0.05) is 18.6 Å². The van der Waals surface area contributed by atoms with Crippen LogP contribution < -0.4 is 10.5 Å². The highest BCUT2D eigenvalue weighted by Gasteiger charge is 2.24. The van der Waals surface area contributed by atoms with E-state index >= 15 is 0 Å². The number of aromatic nitrogens is 5. The molecule has 0 aliphatic heterocycles. The van der Waals surface area contributed by atoms with E-state index in [0.29, 0.717) is 17.0 Å². The van der Waals surface area contributed by atoms with Gasteiger partial charge in [-0.15, -0.1) is 0 Å². The maximum absolute atomic E-state index is 12.1. The Balaban J connectivity index is 2.35. The quantitative estimate of drug-likeness (QED) is 0.661. The first kappa shape index (κ1) is 17.9. The fourth-order valence-corrected chi connectivity index (χ4v) is 3.02. The summed E-state index contributed by atoms with van der Waals surface area (Å²) in [6.45, 7) is 5.69. The highest BCUT2D eigenvalue weighted by atomic mass is 32.2. The molecule has 0 saturated heterocycles. The summed E-state index contributed by atoms with van der Waals surface area (Å²) < 4.78 is 19.2. The lowest BCUT2D eigenvalue weighted by atomic mass is 10.1. The zero-order chi connectivity index (χ0) is 19.0. The largest absolute Gasteiger partial charge is 0.477 e. The van der Waals surface area contributed by atoms with Gasteiger partial charge >= 0.3 is 0 Å². The molecule has 0 fully saturated rings. The van der Waals surface area contributed by atoms with Crippen LogP contribution in [-0.2, 0) is 10.8 Å². The number of nitrogens with zero attached hydrogens (tertiary/aromatic N) is 5. The van der Waals surface area contributed by atoms with E-state index in [4.69, 9.17) is 10.5 Å². The number of amides is 1. The Morgan fingerprint density at radius 1 is 1.23 bits per heavy atom. The van der Waals surface area contributed by atoms with Gasteiger partial charge in [0.2, 0.25) is 11.0 Å². The van der Waals surface area contributed by atoms with Gasteiger partial charge in [0.05, 0.1) is 28.8 Å². The zero-order valence-corrected chi connectivity index (χ0v) is 15.6. The molecule has 136 valence electrons. The van der Waals surface area contributed by atoms with Crippen LogP contribution in [-0.4, -0.2) is 47.3 Å². The lowest BCUT2D eigenvalue weighted by Crippen LogP contribution is -2.18. The average molecular weight is 374 g/mol. The molecule has 0 saturated carbocycles. The molecule has 3 aromatic rings. The monoisotopic (exact) mass is 374 g/mol. The van der Waals surface area contributed by atoms with Crippen LogP contribution in [0.3, 0.4) is 0 Å². The average Bonchev–Trinajstić information content (AvgIpc) is 2.95. The summed E-state index contributed by atoms with van der Waals surface area (Å²) in [7, 11) is -1.48. The number of carbonyl (C=O) groups excluding carboxylic acids is 1. The van der Waals surface area contributed by atoms with Gasteiger partial charge < -0.3 is 14.9 Å². The van der Waals surface area contributed by atoms with Gasteiger partial charge in [-0.25, -0.2) is 15.0 Å². The number of ether oxygens (including phenoxy) is 1. The topological polar surface area (TPSA) is 125 Å². The molecule has 26 heavy (non-hydrogen) atoms. The van der Waals surface area contributed by atoms with Crippen LogP contribution in [0.25, 0.3) is 17.0 Å². The number of primary amides is 1. The second kappa shape index (κ2) is 6.79. The van der Waals surface area contributed by atoms with Gasteiger partial charge in [-0.05, 0) is 20.8 Å². The van der Waals surface area contributed by atoms with Crippen molar-refractivity contribution in [1.82, 2.24) is 24.3 Å². The number of aryl methyl sites for hydroxylation is 2. The second-order valence-electron chi connectivity index (χ2n) is 5.61. The van der Waals surface area contributed by atoms with Gasteiger partial charge in [-0.1, -0.05) is 0 Å². The smallest absolute Gasteiger partial charge is 0.256 e. The van der Waals surface area contributed by atoms with E-state index in [0.717, 1.165) is 5.69 Å². The Kier molecular flexibility index (Phi) is 4.68. The molecule has 0 bridgehead atoms. The molecular formula is C16H18N6O3S. The lowest BCUT2D eigenvalue weighted by Gasteiger charge is -2.13. The molecule has 0 radical (unpaired) electrons. The van der Waals surface area contributed by atoms with Gasteiger partial charge in [-0.3, -0.25) is 9.00 Å². The summed E-state index contributed by atoms with van der Waals surface area (Å²) in [6, 6.07) is 0. The van der Waals surface area contributed by atoms with Gasteiger partial charge in [0.15, 0.2) is 5.65 Å². The van der Waals surface area contributed by atoms with E-state index < -0.39 is 16.7 Å². The number of hydrogen-bond donors (Lipinski definition) is 1. The third-order valence-corrected chi connectivity index (χ3v) is 4.31. The van der Waals surface area contributed by atoms with Crippen molar-refractivity contribution >= 4 is 22.4 Å². The van der Waals surface area contributed by atoms with Crippen LogP contribution in [0.4, 0.5) is 0 Å². The predicted octanol–water partition coefficient (Wildman–Crippen LogP) is 1.04. The summed E-state index contributed by atoms with van der Waals surface area (Å²) >= 11 is 0. The summed E-state index contributed by atoms with van der Waals surface area (Å²) in [5.74, 6) is -0.755. The van der Waals surface area contributed by atoms with Gasteiger partial charge in [0.1, 0.15) is 17.0 Å². The number of rotatable bonds is 5. The molecule has 0 aliphatic rings. The maximum atomic E-state index is 12.1. The Labute approximate surface area is 152 Å². The molecule has 3 rings (SSSR count). The van der Waals surface area contributed by atoms with E-state index in [1.165, 1.54) is 6.26 Å². The molecule has 10 heteroatoms. The van der Waals surface area contributed by atoms with E-state index in [1.807, 2.05) is 13.1 Å². The van der Waals surface area contributed by atoms with Crippen LogP contribution in [0.2, 0.25) is 0 Å². The molecule has 9 nitrogen and oxygen atoms in total. The Morgan fingerprint density at radius 2 is 1.96 bits per heavy atom. The first-order valence-corrected chi connectivity index (χ1v) is 9.39. The third kappa shape index (κ3) is 3.15. The molecule has 0 spiro atoms. The number of carbonyl (C=O) groups is 1. The molecule has 2 N–H and O–H groups in total. The van der Waals surface area contributed by atoms with Gasteiger partial charge in [-0.2, -0.15) is 4.98 Å². The number of fused-ring (bicyclic) bond motifs is 1. The zero-order valence-electron chi connectivity index (χ0n) is 14.8. The summed E-state index contributed by atoms with van der Waals surface area (Å²) in [5.41, 5.74) is 8.29. The highest BCUT2D eigenvalue weighted by Crippen LogP contribution is 2.28. The van der Waals surface area contributed by atoms with E-state index in [1.54, 1.807) is 24.4 Å². The normalized spacial score (nSPS) is 12.3. The maximum Gasteiger partial charge on any atom is 0.256 e. The molecule has 1 unspecified atom stereocenters. The summed E-state index contributed by atoms with van der Waals surface area (Å²) in [6.07, 6.45) is 4.97. The van der Waals surface area contributed by atoms with E-state index in [9.17, 15) is 9.00 Å². The van der Waals surface area contributed by atoms with Crippen molar-refractivity contribution in [1.29, 1.82) is 0 Å². The first-order valence-electron chi connectivity index (χ1n) is 7.83. The molecule has 0 aliphatic carbocycles. The predicted molar refractivity (Wildman–Crippen MR) is 95.5 cm³/mol. The Hall–Kier alpha value is -2.88. The molecule has 1 amide bonds. The Bertz CT molecular complexity index is 1050. The fraction of sp³-hybridized carbons (Fsp3) is 0.312. The summed E-state index contributed by atoms with van der Waals surface area (Å²) in [5, 5.41) is 0.0369. The Morgan fingerprint density at radius 3 is 2.58 bits per heavy atom. The van der Waals surface area contributed by atoms with E-state index in [-0.39, 0.29) is 28.9 Å². The van der Waals surface area contributed by atoms with Crippen molar-refractivity contribution in [3.63, 3.8) is 0 Å². The SMILES string of the molecule is CCOc1nc(S(C)=O)nc(-c2cn3cc(C)nc3c(C)n2)c1C(N)=O. The lowest BCUT2D eigenvalue weighted by molar-refractivity contribution is 0.0995. The van der Waals surface area contributed by atoms with Crippen LogP contribution in [0.1, 0.15) is 28.7 Å². The van der Waals surface area contributed by atoms with Crippen LogP contribution >= 0.6 is 0 Å². The standard InChI is InChI=1S/C16H18N6O3S/c1-5-25-15-11(13(17)23)12(20-16(21-15)26(4)24)10-7-22-6-8(2)18-14(22)9(3)19-10/h6-7H,5H2,1-4H3,(H2,17,23). The van der Waals surface area contributed by atoms with Crippen LogP contribution in [0.5, 0.6) is 5.88 Å². The van der Waals surface area contributed by atoms with Crippen molar-refractivity contribution in [2.45, 2.75) is 25.9 Å².